The Balaban J connectivity index is 1.33. The largest absolute Gasteiger partial charge is 0.497 e. The highest BCUT2D eigenvalue weighted by Gasteiger charge is 2.60. The molecule has 3 saturated heterocycles. The van der Waals surface area contributed by atoms with Gasteiger partial charge in [0.1, 0.15) is 5.75 Å². The molecule has 4 heterocycles. The van der Waals surface area contributed by atoms with Crippen molar-refractivity contribution in [1.82, 2.24) is 19.8 Å². The molecule has 2 aromatic rings. The van der Waals surface area contributed by atoms with Gasteiger partial charge in [0.15, 0.2) is 0 Å². The lowest BCUT2D eigenvalue weighted by atomic mass is 9.75. The predicted molar refractivity (Wildman–Crippen MR) is 115 cm³/mol. The van der Waals surface area contributed by atoms with Crippen molar-refractivity contribution in [3.8, 4) is 5.75 Å². The topological polar surface area (TPSA) is 78.9 Å². The predicted octanol–water partition coefficient (Wildman–Crippen LogP) is 1.68. The first kappa shape index (κ1) is 19.8. The summed E-state index contributed by atoms with van der Waals surface area (Å²) in [5.41, 5.74) is 0.425. The van der Waals surface area contributed by atoms with Gasteiger partial charge in [0, 0.05) is 57.1 Å². The van der Waals surface area contributed by atoms with Crippen molar-refractivity contribution < 1.29 is 14.3 Å². The van der Waals surface area contributed by atoms with Crippen LogP contribution in [0.5, 0.6) is 5.75 Å². The van der Waals surface area contributed by atoms with Crippen LogP contribution in [0.15, 0.2) is 42.7 Å². The van der Waals surface area contributed by atoms with Crippen molar-refractivity contribution in [2.45, 2.75) is 18.4 Å². The lowest BCUT2D eigenvalue weighted by Crippen LogP contribution is -2.56. The van der Waals surface area contributed by atoms with E-state index in [1.807, 2.05) is 35.0 Å². The zero-order valence-corrected chi connectivity index (χ0v) is 17.9. The highest BCUT2D eigenvalue weighted by molar-refractivity contribution is 5.94. The molecule has 2 amide bonds. The van der Waals surface area contributed by atoms with Crippen molar-refractivity contribution in [1.29, 1.82) is 0 Å². The second kappa shape index (κ2) is 7.51. The maximum absolute atomic E-state index is 13.1. The van der Waals surface area contributed by atoms with E-state index in [0.29, 0.717) is 36.9 Å². The zero-order valence-electron chi connectivity index (χ0n) is 17.9. The molecule has 1 spiro atoms. The molecule has 3 fully saturated rings. The van der Waals surface area contributed by atoms with Crippen LogP contribution in [0.25, 0.3) is 0 Å². The molecule has 3 aliphatic rings. The smallest absolute Gasteiger partial charge is 0.253 e. The summed E-state index contributed by atoms with van der Waals surface area (Å²) in [7, 11) is 3.53. The molecular weight excluding hydrogens is 394 g/mol. The molecular formula is C23H27N5O3. The Morgan fingerprint density at radius 3 is 2.58 bits per heavy atom. The summed E-state index contributed by atoms with van der Waals surface area (Å²) in [5.74, 6) is 1.78. The Kier molecular flexibility index (Phi) is 4.79. The van der Waals surface area contributed by atoms with Crippen molar-refractivity contribution in [3.05, 3.63) is 48.3 Å². The number of aromatic nitrogens is 2. The average Bonchev–Trinajstić information content (AvgIpc) is 3.35. The molecule has 31 heavy (non-hydrogen) atoms. The number of likely N-dealkylation sites (tertiary alicyclic amines) is 2. The number of carbonyl (C=O) groups is 2. The van der Waals surface area contributed by atoms with Crippen LogP contribution in [-0.4, -0.2) is 77.5 Å². The van der Waals surface area contributed by atoms with Gasteiger partial charge in [0.2, 0.25) is 11.9 Å². The molecule has 0 saturated carbocycles. The van der Waals surface area contributed by atoms with Gasteiger partial charge in [-0.3, -0.25) is 9.59 Å². The third-order valence-electron chi connectivity index (χ3n) is 7.39. The summed E-state index contributed by atoms with van der Waals surface area (Å²) in [6.07, 6.45) is 5.05. The average molecular weight is 422 g/mol. The SMILES string of the molecule is COc1cccc(C(=O)N2CCC3(CC2)[C@@H]2CN(c4ncccn4)C[C@@H]2C(=O)N3C)c1. The number of nitrogens with zero attached hydrogens (tertiary/aromatic N) is 5. The van der Waals surface area contributed by atoms with Crippen LogP contribution in [0.3, 0.4) is 0 Å². The lowest BCUT2D eigenvalue weighted by molar-refractivity contribution is -0.133. The summed E-state index contributed by atoms with van der Waals surface area (Å²) in [6, 6.07) is 9.08. The fourth-order valence-electron chi connectivity index (χ4n) is 5.68. The molecule has 0 unspecified atom stereocenters. The van der Waals surface area contributed by atoms with E-state index in [2.05, 4.69) is 14.9 Å². The van der Waals surface area contributed by atoms with Crippen LogP contribution in [-0.2, 0) is 4.79 Å². The lowest BCUT2D eigenvalue weighted by Gasteiger charge is -2.46. The van der Waals surface area contributed by atoms with Crippen LogP contribution in [0.1, 0.15) is 23.2 Å². The van der Waals surface area contributed by atoms with Gasteiger partial charge in [0.25, 0.3) is 5.91 Å². The van der Waals surface area contributed by atoms with Gasteiger partial charge in [0.05, 0.1) is 18.6 Å². The quantitative estimate of drug-likeness (QED) is 0.751. The first-order valence-electron chi connectivity index (χ1n) is 10.8. The molecule has 162 valence electrons. The Morgan fingerprint density at radius 2 is 1.87 bits per heavy atom. The number of methoxy groups -OCH3 is 1. The molecule has 1 aromatic carbocycles. The number of rotatable bonds is 3. The zero-order chi connectivity index (χ0) is 21.6. The molecule has 2 atom stereocenters. The van der Waals surface area contributed by atoms with E-state index in [9.17, 15) is 9.59 Å². The first-order valence-corrected chi connectivity index (χ1v) is 10.8. The van der Waals surface area contributed by atoms with Crippen molar-refractivity contribution in [3.63, 3.8) is 0 Å². The molecule has 1 aromatic heterocycles. The molecule has 3 aliphatic heterocycles. The summed E-state index contributed by atoms with van der Waals surface area (Å²) in [6.45, 7) is 2.71. The van der Waals surface area contributed by atoms with E-state index in [1.165, 1.54) is 0 Å². The third-order valence-corrected chi connectivity index (χ3v) is 7.39. The van der Waals surface area contributed by atoms with E-state index in [4.69, 9.17) is 4.74 Å². The number of fused-ring (bicyclic) bond motifs is 2. The third kappa shape index (κ3) is 3.12. The number of benzene rings is 1. The van der Waals surface area contributed by atoms with Gasteiger partial charge in [-0.15, -0.1) is 0 Å². The van der Waals surface area contributed by atoms with Gasteiger partial charge >= 0.3 is 0 Å². The molecule has 0 radical (unpaired) electrons. The number of piperidine rings is 1. The van der Waals surface area contributed by atoms with E-state index in [0.717, 1.165) is 19.4 Å². The van der Waals surface area contributed by atoms with Gasteiger partial charge < -0.3 is 19.4 Å². The molecule has 0 bridgehead atoms. The number of carbonyl (C=O) groups excluding carboxylic acids is 2. The molecule has 0 aliphatic carbocycles. The van der Waals surface area contributed by atoms with E-state index in [1.54, 1.807) is 31.6 Å². The fourth-order valence-corrected chi connectivity index (χ4v) is 5.68. The van der Waals surface area contributed by atoms with Crippen LogP contribution >= 0.6 is 0 Å². The fraction of sp³-hybridized carbons (Fsp3) is 0.478. The van der Waals surface area contributed by atoms with Gasteiger partial charge in [-0.2, -0.15) is 0 Å². The highest BCUT2D eigenvalue weighted by atomic mass is 16.5. The summed E-state index contributed by atoms with van der Waals surface area (Å²) in [5, 5.41) is 0. The van der Waals surface area contributed by atoms with Crippen LogP contribution < -0.4 is 9.64 Å². The number of ether oxygens (including phenoxy) is 1. The van der Waals surface area contributed by atoms with E-state index < -0.39 is 0 Å². The molecule has 8 nitrogen and oxygen atoms in total. The Labute approximate surface area is 181 Å². The first-order chi connectivity index (χ1) is 15.0. The maximum atomic E-state index is 13.1. The van der Waals surface area contributed by atoms with E-state index in [-0.39, 0.29) is 29.2 Å². The minimum atomic E-state index is -0.212. The van der Waals surface area contributed by atoms with E-state index >= 15 is 0 Å². The van der Waals surface area contributed by atoms with Crippen LogP contribution in [0.4, 0.5) is 5.95 Å². The van der Waals surface area contributed by atoms with Crippen molar-refractivity contribution in [2.24, 2.45) is 11.8 Å². The van der Waals surface area contributed by atoms with Gasteiger partial charge in [-0.05, 0) is 37.1 Å². The number of amides is 2. The number of anilines is 1. The van der Waals surface area contributed by atoms with Crippen LogP contribution in [0, 0.1) is 11.8 Å². The normalized spacial score (nSPS) is 24.6. The second-order valence-electron chi connectivity index (χ2n) is 8.69. The van der Waals surface area contributed by atoms with Gasteiger partial charge in [-0.1, -0.05) is 6.07 Å². The minimum absolute atomic E-state index is 0.0167. The monoisotopic (exact) mass is 421 g/mol. The summed E-state index contributed by atoms with van der Waals surface area (Å²) >= 11 is 0. The van der Waals surface area contributed by atoms with Crippen molar-refractivity contribution >= 4 is 17.8 Å². The molecule has 8 heteroatoms. The van der Waals surface area contributed by atoms with Crippen LogP contribution in [0.2, 0.25) is 0 Å². The molecule has 5 rings (SSSR count). The maximum Gasteiger partial charge on any atom is 0.253 e. The number of hydrogen-bond acceptors (Lipinski definition) is 6. The summed E-state index contributed by atoms with van der Waals surface area (Å²) in [4.78, 5) is 40.9. The number of hydrogen-bond donors (Lipinski definition) is 0. The Bertz CT molecular complexity index is 990. The highest BCUT2D eigenvalue weighted by Crippen LogP contribution is 2.49. The summed E-state index contributed by atoms with van der Waals surface area (Å²) < 4.78 is 5.26. The Hall–Kier alpha value is -3.16. The van der Waals surface area contributed by atoms with Gasteiger partial charge in [-0.25, -0.2) is 9.97 Å². The minimum Gasteiger partial charge on any atom is -0.497 e. The Morgan fingerprint density at radius 1 is 1.13 bits per heavy atom. The standard InChI is InChI=1S/C23H27N5O3/c1-26-21(30)18-14-28(22-24-9-4-10-25-22)15-19(18)23(26)7-11-27(12-8-23)20(29)16-5-3-6-17(13-16)31-2/h3-6,9-10,13,18-19H,7-8,11-12,14-15H2,1-2H3/t18-,19+/m0/s1. The molecule has 0 N–H and O–H groups in total. The van der Waals surface area contributed by atoms with Crippen molar-refractivity contribution in [2.75, 3.05) is 45.2 Å². The second-order valence-corrected chi connectivity index (χ2v) is 8.69.